The molecule has 1 heterocycles. The highest BCUT2D eigenvalue weighted by molar-refractivity contribution is 7.94. The summed E-state index contributed by atoms with van der Waals surface area (Å²) in [5.74, 6) is -0.261. The Morgan fingerprint density at radius 3 is 2.74 bits per heavy atom. The molecule has 0 spiro atoms. The first-order valence-electron chi connectivity index (χ1n) is 7.08. The maximum Gasteiger partial charge on any atom is 0.271 e. The molecule has 1 aromatic carbocycles. The molecule has 0 bridgehead atoms. The van der Waals surface area contributed by atoms with Crippen molar-refractivity contribution in [3.05, 3.63) is 47.3 Å². The quantitative estimate of drug-likeness (QED) is 0.709. The van der Waals surface area contributed by atoms with Gasteiger partial charge in [-0.05, 0) is 43.0 Å². The van der Waals surface area contributed by atoms with Crippen molar-refractivity contribution < 1.29 is 13.2 Å². The van der Waals surface area contributed by atoms with Crippen LogP contribution in [0.4, 0.5) is 5.69 Å². The Morgan fingerprint density at radius 1 is 1.30 bits per heavy atom. The lowest BCUT2D eigenvalue weighted by Crippen LogP contribution is -2.29. The number of sulfonamides is 1. The first-order valence-corrected chi connectivity index (χ1v) is 9.45. The molecule has 0 aliphatic heterocycles. The van der Waals surface area contributed by atoms with Gasteiger partial charge in [-0.15, -0.1) is 11.3 Å². The summed E-state index contributed by atoms with van der Waals surface area (Å²) in [7, 11) is -3.62. The normalized spacial score (nSPS) is 12.6. The summed E-state index contributed by atoms with van der Waals surface area (Å²) >= 11 is 1.13. The number of amides is 1. The lowest BCUT2D eigenvalue weighted by molar-refractivity contribution is 0.0953. The molecule has 0 aliphatic rings. The van der Waals surface area contributed by atoms with Crippen molar-refractivity contribution in [1.29, 1.82) is 0 Å². The summed E-state index contributed by atoms with van der Waals surface area (Å²) < 4.78 is 27.1. The molecule has 0 radical (unpaired) electrons. The number of anilines is 1. The fourth-order valence-electron chi connectivity index (χ4n) is 1.86. The van der Waals surface area contributed by atoms with E-state index in [1.54, 1.807) is 29.6 Å². The minimum atomic E-state index is -3.62. The van der Waals surface area contributed by atoms with Crippen LogP contribution in [-0.4, -0.2) is 26.9 Å². The molecule has 0 fully saturated rings. The molecule has 1 unspecified atom stereocenters. The van der Waals surface area contributed by atoms with Crippen LogP contribution in [0, 0.1) is 0 Å². The van der Waals surface area contributed by atoms with Crippen molar-refractivity contribution >= 4 is 33.0 Å². The van der Waals surface area contributed by atoms with E-state index in [1.165, 1.54) is 12.1 Å². The van der Waals surface area contributed by atoms with Crippen molar-refractivity contribution in [2.24, 2.45) is 5.73 Å². The molecule has 4 N–H and O–H groups in total. The Balaban J connectivity index is 2.06. The molecule has 1 aromatic heterocycles. The number of carbonyl (C=O) groups excluding carboxylic acids is 1. The van der Waals surface area contributed by atoms with Crippen molar-refractivity contribution in [3.8, 4) is 0 Å². The fraction of sp³-hybridized carbons (Fsp3) is 0.267. The fourth-order valence-corrected chi connectivity index (χ4v) is 3.90. The van der Waals surface area contributed by atoms with Crippen molar-refractivity contribution in [2.45, 2.75) is 23.6 Å². The molecule has 1 amide bonds. The number of hydrogen-bond acceptors (Lipinski definition) is 5. The molecule has 0 aliphatic carbocycles. The molecular formula is C15H19N3O3S2. The van der Waals surface area contributed by atoms with Crippen LogP contribution in [-0.2, 0) is 10.0 Å². The zero-order chi connectivity index (χ0) is 16.9. The third kappa shape index (κ3) is 5.05. The van der Waals surface area contributed by atoms with Crippen LogP contribution in [0.15, 0.2) is 46.0 Å². The molecule has 2 rings (SSSR count). The Morgan fingerprint density at radius 2 is 2.09 bits per heavy atom. The highest BCUT2D eigenvalue weighted by Crippen LogP contribution is 2.20. The highest BCUT2D eigenvalue weighted by atomic mass is 32.2. The first kappa shape index (κ1) is 17.5. The average Bonchev–Trinajstić information content (AvgIpc) is 3.01. The van der Waals surface area contributed by atoms with Crippen LogP contribution in [0.25, 0.3) is 0 Å². The van der Waals surface area contributed by atoms with Crippen molar-refractivity contribution in [3.63, 3.8) is 0 Å². The van der Waals surface area contributed by atoms with E-state index in [9.17, 15) is 13.2 Å². The van der Waals surface area contributed by atoms with Crippen LogP contribution in [0.1, 0.15) is 23.7 Å². The van der Waals surface area contributed by atoms with E-state index in [0.29, 0.717) is 24.2 Å². The predicted octanol–water partition coefficient (Wildman–Crippen LogP) is 2.02. The molecule has 124 valence electrons. The maximum absolute atomic E-state index is 12.2. The number of rotatable bonds is 7. The first-order chi connectivity index (χ1) is 10.9. The second-order valence-corrected chi connectivity index (χ2v) is 8.00. The summed E-state index contributed by atoms with van der Waals surface area (Å²) in [6.07, 6.45) is 0.677. The molecule has 1 atom stereocenters. The van der Waals surface area contributed by atoms with Gasteiger partial charge in [-0.25, -0.2) is 8.42 Å². The van der Waals surface area contributed by atoms with Crippen molar-refractivity contribution in [2.75, 3.05) is 11.3 Å². The van der Waals surface area contributed by atoms with Crippen LogP contribution in [0.5, 0.6) is 0 Å². The van der Waals surface area contributed by atoms with E-state index in [1.807, 2.05) is 6.92 Å². The van der Waals surface area contributed by atoms with Gasteiger partial charge in [0.05, 0.1) is 0 Å². The van der Waals surface area contributed by atoms with E-state index >= 15 is 0 Å². The van der Waals surface area contributed by atoms with Gasteiger partial charge in [0.15, 0.2) is 0 Å². The molecule has 0 saturated heterocycles. The average molecular weight is 353 g/mol. The van der Waals surface area contributed by atoms with E-state index in [2.05, 4.69) is 10.0 Å². The number of hydrogen-bond donors (Lipinski definition) is 3. The van der Waals surface area contributed by atoms with Crippen LogP contribution in [0.3, 0.4) is 0 Å². The molecule has 8 heteroatoms. The topological polar surface area (TPSA) is 101 Å². The Hall–Kier alpha value is -1.90. The third-order valence-electron chi connectivity index (χ3n) is 3.02. The lowest BCUT2D eigenvalue weighted by Gasteiger charge is -2.10. The zero-order valence-electron chi connectivity index (χ0n) is 12.7. The van der Waals surface area contributed by atoms with Crippen molar-refractivity contribution in [1.82, 2.24) is 5.32 Å². The third-order valence-corrected chi connectivity index (χ3v) is 5.80. The van der Waals surface area contributed by atoms with Gasteiger partial charge in [0.25, 0.3) is 15.9 Å². The zero-order valence-corrected chi connectivity index (χ0v) is 14.3. The van der Waals surface area contributed by atoms with E-state index in [0.717, 1.165) is 11.3 Å². The second kappa shape index (κ2) is 7.58. The molecule has 0 saturated carbocycles. The highest BCUT2D eigenvalue weighted by Gasteiger charge is 2.16. The van der Waals surface area contributed by atoms with Gasteiger partial charge >= 0.3 is 0 Å². The van der Waals surface area contributed by atoms with Crippen LogP contribution in [0.2, 0.25) is 0 Å². The lowest BCUT2D eigenvalue weighted by atomic mass is 10.2. The van der Waals surface area contributed by atoms with E-state index < -0.39 is 10.0 Å². The smallest absolute Gasteiger partial charge is 0.271 e. The SMILES string of the molecule is CC(N)CCNC(=O)c1cccc(NS(=O)(=O)c2cccs2)c1. The number of benzene rings is 1. The summed E-state index contributed by atoms with van der Waals surface area (Å²) in [6, 6.07) is 9.57. The molecule has 2 aromatic rings. The maximum atomic E-state index is 12.2. The number of carbonyl (C=O) groups is 1. The van der Waals surface area contributed by atoms with Crippen LogP contribution >= 0.6 is 11.3 Å². The second-order valence-electron chi connectivity index (χ2n) is 5.14. The summed E-state index contributed by atoms with van der Waals surface area (Å²) in [6.45, 7) is 2.34. The monoisotopic (exact) mass is 353 g/mol. The van der Waals surface area contributed by atoms with Gasteiger partial charge in [-0.2, -0.15) is 0 Å². The van der Waals surface area contributed by atoms with Crippen LogP contribution < -0.4 is 15.8 Å². The summed E-state index contributed by atoms with van der Waals surface area (Å²) in [4.78, 5) is 12.0. The number of nitrogens with two attached hydrogens (primary N) is 1. The Bertz CT molecular complexity index is 756. The van der Waals surface area contributed by atoms with Gasteiger partial charge < -0.3 is 11.1 Å². The van der Waals surface area contributed by atoms with E-state index in [4.69, 9.17) is 5.73 Å². The summed E-state index contributed by atoms with van der Waals surface area (Å²) in [5, 5.41) is 4.45. The predicted molar refractivity (Wildman–Crippen MR) is 92.2 cm³/mol. The summed E-state index contributed by atoms with van der Waals surface area (Å²) in [5.41, 5.74) is 6.37. The number of nitrogens with one attached hydrogen (secondary N) is 2. The largest absolute Gasteiger partial charge is 0.352 e. The minimum Gasteiger partial charge on any atom is -0.352 e. The van der Waals surface area contributed by atoms with Gasteiger partial charge in [0, 0.05) is 23.8 Å². The van der Waals surface area contributed by atoms with Gasteiger partial charge in [0.1, 0.15) is 4.21 Å². The minimum absolute atomic E-state index is 0.0132. The van der Waals surface area contributed by atoms with Gasteiger partial charge in [-0.3, -0.25) is 9.52 Å². The number of thiophene rings is 1. The van der Waals surface area contributed by atoms with Gasteiger partial charge in [-0.1, -0.05) is 12.1 Å². The molecular weight excluding hydrogens is 334 g/mol. The van der Waals surface area contributed by atoms with E-state index in [-0.39, 0.29) is 16.2 Å². The Labute approximate surface area is 139 Å². The van der Waals surface area contributed by atoms with Gasteiger partial charge in [0.2, 0.25) is 0 Å². The molecule has 23 heavy (non-hydrogen) atoms. The standard InChI is InChI=1S/C15H19N3O3S2/c1-11(16)7-8-17-15(19)12-4-2-5-13(10-12)18-23(20,21)14-6-3-9-22-14/h2-6,9-11,18H,7-8,16H2,1H3,(H,17,19). The Kier molecular flexibility index (Phi) is 5.75. The molecule has 6 nitrogen and oxygen atoms in total.